The highest BCUT2D eigenvalue weighted by atomic mass is 16.1. The van der Waals surface area contributed by atoms with E-state index in [0.29, 0.717) is 17.5 Å². The predicted molar refractivity (Wildman–Crippen MR) is 91.9 cm³/mol. The first-order valence-corrected chi connectivity index (χ1v) is 7.99. The van der Waals surface area contributed by atoms with Crippen molar-refractivity contribution in [2.75, 3.05) is 10.6 Å². The van der Waals surface area contributed by atoms with Crippen LogP contribution in [-0.4, -0.2) is 32.9 Å². The first-order chi connectivity index (χ1) is 11.6. The number of rotatable bonds is 5. The molecule has 2 aromatic heterocycles. The third-order valence-corrected chi connectivity index (χ3v) is 4.11. The average molecular weight is 327 g/mol. The molecular weight excluding hydrogens is 306 g/mol. The molecule has 2 atom stereocenters. The van der Waals surface area contributed by atoms with Crippen LogP contribution < -0.4 is 22.1 Å². The van der Waals surface area contributed by atoms with Crippen molar-refractivity contribution in [3.05, 3.63) is 36.3 Å². The van der Waals surface area contributed by atoms with Crippen LogP contribution in [0, 0.1) is 0 Å². The molecule has 1 fully saturated rings. The van der Waals surface area contributed by atoms with Gasteiger partial charge in [0, 0.05) is 24.5 Å². The summed E-state index contributed by atoms with van der Waals surface area (Å²) >= 11 is 0. The van der Waals surface area contributed by atoms with Crippen LogP contribution in [0.2, 0.25) is 0 Å². The zero-order valence-corrected chi connectivity index (χ0v) is 13.3. The van der Waals surface area contributed by atoms with Gasteiger partial charge in [-0.15, -0.1) is 0 Å². The molecular formula is C16H21N7O. The second kappa shape index (κ2) is 7.22. The molecule has 0 radical (unpaired) electrons. The third kappa shape index (κ3) is 3.77. The molecule has 3 rings (SSSR count). The van der Waals surface area contributed by atoms with Crippen molar-refractivity contribution in [2.45, 2.75) is 37.8 Å². The Kier molecular flexibility index (Phi) is 4.85. The third-order valence-electron chi connectivity index (χ3n) is 4.11. The van der Waals surface area contributed by atoms with Crippen molar-refractivity contribution in [1.29, 1.82) is 0 Å². The number of anilines is 3. The highest BCUT2D eigenvalue weighted by molar-refractivity contribution is 5.98. The van der Waals surface area contributed by atoms with E-state index in [4.69, 9.17) is 11.5 Å². The Morgan fingerprint density at radius 1 is 1.25 bits per heavy atom. The topological polar surface area (TPSA) is 132 Å². The zero-order valence-electron chi connectivity index (χ0n) is 13.3. The van der Waals surface area contributed by atoms with Gasteiger partial charge in [-0.05, 0) is 25.0 Å². The lowest BCUT2D eigenvalue weighted by molar-refractivity contribution is 0.100. The van der Waals surface area contributed by atoms with Gasteiger partial charge < -0.3 is 22.1 Å². The molecule has 1 aliphatic rings. The Hall–Kier alpha value is -2.74. The van der Waals surface area contributed by atoms with Gasteiger partial charge in [0.05, 0.1) is 11.9 Å². The average Bonchev–Trinajstić information content (AvgIpc) is 2.58. The smallest absolute Gasteiger partial charge is 0.254 e. The van der Waals surface area contributed by atoms with Crippen molar-refractivity contribution < 1.29 is 4.79 Å². The number of amides is 1. The minimum atomic E-state index is -0.595. The monoisotopic (exact) mass is 327 g/mol. The van der Waals surface area contributed by atoms with Gasteiger partial charge in [0.1, 0.15) is 11.4 Å². The summed E-state index contributed by atoms with van der Waals surface area (Å²) in [5, 5.41) is 6.32. The summed E-state index contributed by atoms with van der Waals surface area (Å²) in [6.07, 6.45) is 8.96. The van der Waals surface area contributed by atoms with Gasteiger partial charge in [-0.25, -0.2) is 4.98 Å². The van der Waals surface area contributed by atoms with Crippen molar-refractivity contribution in [3.8, 4) is 0 Å². The van der Waals surface area contributed by atoms with E-state index < -0.39 is 5.91 Å². The molecule has 0 saturated heterocycles. The largest absolute Gasteiger partial charge is 0.365 e. The lowest BCUT2D eigenvalue weighted by Crippen LogP contribution is -2.43. The molecule has 0 spiro atoms. The van der Waals surface area contributed by atoms with Crippen LogP contribution in [0.4, 0.5) is 17.5 Å². The molecule has 24 heavy (non-hydrogen) atoms. The number of hydrogen-bond donors (Lipinski definition) is 4. The number of pyridine rings is 1. The lowest BCUT2D eigenvalue weighted by Gasteiger charge is -2.29. The number of nitrogens with one attached hydrogen (secondary N) is 2. The van der Waals surface area contributed by atoms with Gasteiger partial charge in [-0.2, -0.15) is 4.98 Å². The number of nitrogens with two attached hydrogens (primary N) is 2. The molecule has 2 aromatic rings. The molecule has 8 heteroatoms. The van der Waals surface area contributed by atoms with Gasteiger partial charge in [-0.3, -0.25) is 9.78 Å². The fourth-order valence-electron chi connectivity index (χ4n) is 2.80. The minimum Gasteiger partial charge on any atom is -0.365 e. The van der Waals surface area contributed by atoms with Crippen LogP contribution in [-0.2, 0) is 0 Å². The fourth-order valence-corrected chi connectivity index (χ4v) is 2.80. The Morgan fingerprint density at radius 2 is 2.08 bits per heavy atom. The highest BCUT2D eigenvalue weighted by Gasteiger charge is 2.23. The summed E-state index contributed by atoms with van der Waals surface area (Å²) < 4.78 is 0. The van der Waals surface area contributed by atoms with Gasteiger partial charge in [0.2, 0.25) is 5.95 Å². The number of hydrogen-bond acceptors (Lipinski definition) is 7. The first kappa shape index (κ1) is 16.1. The van der Waals surface area contributed by atoms with Crippen LogP contribution in [0.1, 0.15) is 36.0 Å². The first-order valence-electron chi connectivity index (χ1n) is 7.99. The van der Waals surface area contributed by atoms with Gasteiger partial charge in [0.25, 0.3) is 5.91 Å². The van der Waals surface area contributed by atoms with Gasteiger partial charge in [-0.1, -0.05) is 12.8 Å². The molecule has 0 bridgehead atoms. The molecule has 0 aliphatic heterocycles. The summed E-state index contributed by atoms with van der Waals surface area (Å²) in [6.45, 7) is 0. The highest BCUT2D eigenvalue weighted by Crippen LogP contribution is 2.22. The SMILES string of the molecule is NC(=O)c1cnc(NC2CCCCC2N)nc1Nc1cccnc1. The van der Waals surface area contributed by atoms with Crippen LogP contribution in [0.15, 0.2) is 30.7 Å². The van der Waals surface area contributed by atoms with E-state index >= 15 is 0 Å². The Morgan fingerprint density at radius 3 is 2.79 bits per heavy atom. The number of nitrogens with zero attached hydrogens (tertiary/aromatic N) is 3. The van der Waals surface area contributed by atoms with Gasteiger partial charge >= 0.3 is 0 Å². The lowest BCUT2D eigenvalue weighted by atomic mass is 9.91. The number of carbonyl (C=O) groups excluding carboxylic acids is 1. The molecule has 0 aromatic carbocycles. The van der Waals surface area contributed by atoms with Crippen molar-refractivity contribution in [2.24, 2.45) is 11.5 Å². The Labute approximate surface area is 140 Å². The molecule has 6 N–H and O–H groups in total. The van der Waals surface area contributed by atoms with Crippen molar-refractivity contribution in [1.82, 2.24) is 15.0 Å². The summed E-state index contributed by atoms with van der Waals surface area (Å²) in [6, 6.07) is 3.81. The fraction of sp³-hybridized carbons (Fsp3) is 0.375. The maximum Gasteiger partial charge on any atom is 0.254 e. The molecule has 1 aliphatic carbocycles. The molecule has 126 valence electrons. The van der Waals surface area contributed by atoms with Crippen LogP contribution in [0.5, 0.6) is 0 Å². The number of primary amides is 1. The van der Waals surface area contributed by atoms with E-state index in [1.54, 1.807) is 18.5 Å². The molecule has 2 heterocycles. The van der Waals surface area contributed by atoms with Crippen LogP contribution in [0.25, 0.3) is 0 Å². The second-order valence-corrected chi connectivity index (χ2v) is 5.89. The second-order valence-electron chi connectivity index (χ2n) is 5.89. The van der Waals surface area contributed by atoms with E-state index in [9.17, 15) is 4.79 Å². The van der Waals surface area contributed by atoms with E-state index in [-0.39, 0.29) is 17.6 Å². The normalized spacial score (nSPS) is 20.4. The molecule has 1 saturated carbocycles. The van der Waals surface area contributed by atoms with E-state index in [1.165, 1.54) is 6.20 Å². The van der Waals surface area contributed by atoms with E-state index in [2.05, 4.69) is 25.6 Å². The van der Waals surface area contributed by atoms with E-state index in [0.717, 1.165) is 25.7 Å². The predicted octanol–water partition coefficient (Wildman–Crippen LogP) is 1.40. The maximum absolute atomic E-state index is 11.6. The summed E-state index contributed by atoms with van der Waals surface area (Å²) in [7, 11) is 0. The summed E-state index contributed by atoms with van der Waals surface area (Å²) in [4.78, 5) is 24.2. The Bertz CT molecular complexity index is 707. The summed E-state index contributed by atoms with van der Waals surface area (Å²) in [5.41, 5.74) is 12.5. The summed E-state index contributed by atoms with van der Waals surface area (Å²) in [5.74, 6) is 0.174. The Balaban J connectivity index is 1.83. The van der Waals surface area contributed by atoms with Crippen LogP contribution >= 0.6 is 0 Å². The van der Waals surface area contributed by atoms with E-state index in [1.807, 2.05) is 6.07 Å². The molecule has 1 amide bonds. The zero-order chi connectivity index (χ0) is 16.9. The number of aromatic nitrogens is 3. The van der Waals surface area contributed by atoms with Crippen molar-refractivity contribution >= 4 is 23.4 Å². The molecule has 2 unspecified atom stereocenters. The number of carbonyl (C=O) groups is 1. The molecule has 8 nitrogen and oxygen atoms in total. The van der Waals surface area contributed by atoms with Crippen molar-refractivity contribution in [3.63, 3.8) is 0 Å². The van der Waals surface area contributed by atoms with Crippen LogP contribution in [0.3, 0.4) is 0 Å². The maximum atomic E-state index is 11.6. The quantitative estimate of drug-likeness (QED) is 0.652. The minimum absolute atomic E-state index is 0.0768. The standard InChI is InChI=1S/C16H21N7O/c17-12-5-1-2-6-13(12)22-16-20-9-11(14(18)24)15(23-16)21-10-4-3-7-19-8-10/h3-4,7-9,12-13H,1-2,5-6,17H2,(H2,18,24)(H2,20,21,22,23). The van der Waals surface area contributed by atoms with Gasteiger partial charge in [0.15, 0.2) is 0 Å².